The van der Waals surface area contributed by atoms with Crippen LogP contribution in [0.3, 0.4) is 0 Å². The van der Waals surface area contributed by atoms with Gasteiger partial charge in [0.1, 0.15) is 17.1 Å². The molecule has 11 nitrogen and oxygen atoms in total. The summed E-state index contributed by atoms with van der Waals surface area (Å²) in [4.78, 5) is 52.2. The molecule has 3 aliphatic carbocycles. The summed E-state index contributed by atoms with van der Waals surface area (Å²) in [7, 11) is 3.13. The van der Waals surface area contributed by atoms with Gasteiger partial charge in [-0.05, 0) is 50.9 Å². The van der Waals surface area contributed by atoms with Crippen LogP contribution in [-0.2, 0) is 20.8 Å². The van der Waals surface area contributed by atoms with Crippen LogP contribution in [0, 0.1) is 11.8 Å². The molecule has 7 N–H and O–H groups in total. The van der Waals surface area contributed by atoms with Crippen molar-refractivity contribution in [2.75, 3.05) is 19.4 Å². The van der Waals surface area contributed by atoms with Crippen molar-refractivity contribution in [3.05, 3.63) is 45.9 Å². The lowest BCUT2D eigenvalue weighted by molar-refractivity contribution is -0.148. The van der Waals surface area contributed by atoms with Gasteiger partial charge in [-0.2, -0.15) is 0 Å². The standard InChI is InChI=1S/C25H28BrN3O8.BrH/c1-4-12(26)24(36)28-13-6-5-9-7-10-8-11-17(29(2)3)20(32)16(23(27)35)22(34)25(11,37)21(33)15(10)19(31)14(9)18(13)30;/h5-6,10-12,17,30,32-33,37H,4,7-8H2,1-3H3,(H2,27,35)(H,28,36);1H/t10?,11?,12?,17-,25-;/m0./s1. The average molecular weight is 659 g/mol. The van der Waals surface area contributed by atoms with Gasteiger partial charge in [-0.3, -0.25) is 24.1 Å². The van der Waals surface area contributed by atoms with Crippen molar-refractivity contribution in [1.82, 2.24) is 4.90 Å². The third-order valence-electron chi connectivity index (χ3n) is 7.50. The number of hydrogen-bond acceptors (Lipinski definition) is 9. The molecule has 38 heavy (non-hydrogen) atoms. The molecule has 0 aliphatic heterocycles. The quantitative estimate of drug-likeness (QED) is 0.156. The number of aliphatic hydroxyl groups excluding tert-OH is 2. The maximum absolute atomic E-state index is 13.6. The number of primary amides is 1. The van der Waals surface area contributed by atoms with Crippen LogP contribution in [0.2, 0.25) is 0 Å². The van der Waals surface area contributed by atoms with Crippen LogP contribution in [0.1, 0.15) is 35.7 Å². The lowest BCUT2D eigenvalue weighted by Crippen LogP contribution is -2.63. The number of phenolic OH excluding ortho intramolecular Hbond substituents is 1. The smallest absolute Gasteiger partial charge is 0.255 e. The minimum Gasteiger partial charge on any atom is -0.510 e. The lowest BCUT2D eigenvalue weighted by atomic mass is 9.58. The number of likely N-dealkylation sites (N-methyl/N-ethyl adjacent to an activating group) is 1. The second kappa shape index (κ2) is 10.4. The zero-order chi connectivity index (χ0) is 27.6. The van der Waals surface area contributed by atoms with E-state index in [4.69, 9.17) is 5.73 Å². The van der Waals surface area contributed by atoms with E-state index in [1.54, 1.807) is 27.1 Å². The number of ketones is 2. The van der Waals surface area contributed by atoms with E-state index < -0.39 is 74.5 Å². The fraction of sp³-hybridized carbons (Fsp3) is 0.440. The van der Waals surface area contributed by atoms with E-state index in [-0.39, 0.29) is 46.6 Å². The number of fused-ring (bicyclic) bond motifs is 3. The highest BCUT2D eigenvalue weighted by atomic mass is 79.9. The Balaban J connectivity index is 0.00000400. The van der Waals surface area contributed by atoms with Crippen LogP contribution < -0.4 is 11.1 Å². The number of anilines is 1. The van der Waals surface area contributed by atoms with Gasteiger partial charge in [0.25, 0.3) is 5.91 Å². The zero-order valence-electron chi connectivity index (χ0n) is 20.8. The Morgan fingerprint density at radius 1 is 1.24 bits per heavy atom. The summed E-state index contributed by atoms with van der Waals surface area (Å²) in [6, 6.07) is 2.01. The molecule has 5 atom stereocenters. The SMILES string of the molecule is Br.CCC(Br)C(=O)Nc1ccc2c(c1O)C(=O)C1=C(O)[C@]3(O)C(=O)C(C(N)=O)=C(O)[C@@H](N(C)C)C3CC1C2. The highest BCUT2D eigenvalue weighted by molar-refractivity contribution is 9.10. The molecule has 3 aliphatic rings. The third kappa shape index (κ3) is 4.25. The van der Waals surface area contributed by atoms with Crippen molar-refractivity contribution in [1.29, 1.82) is 0 Å². The molecule has 3 unspecified atom stereocenters. The van der Waals surface area contributed by atoms with Crippen molar-refractivity contribution < 1.29 is 39.6 Å². The highest BCUT2D eigenvalue weighted by Gasteiger charge is 2.63. The molecule has 0 saturated heterocycles. The van der Waals surface area contributed by atoms with Gasteiger partial charge >= 0.3 is 0 Å². The fourth-order valence-corrected chi connectivity index (χ4v) is 5.84. The number of benzene rings is 1. The summed E-state index contributed by atoms with van der Waals surface area (Å²) < 4.78 is 0. The third-order valence-corrected chi connectivity index (χ3v) is 8.56. The van der Waals surface area contributed by atoms with E-state index in [0.29, 0.717) is 12.0 Å². The summed E-state index contributed by atoms with van der Waals surface area (Å²) in [5.41, 5.74) is 1.79. The van der Waals surface area contributed by atoms with E-state index in [0.717, 1.165) is 0 Å². The summed E-state index contributed by atoms with van der Waals surface area (Å²) in [5, 5.41) is 47.1. The topological polar surface area (TPSA) is 190 Å². The molecule has 0 spiro atoms. The van der Waals surface area contributed by atoms with Crippen LogP contribution in [0.25, 0.3) is 0 Å². The molecule has 0 radical (unpaired) electrons. The first-order valence-corrected chi connectivity index (χ1v) is 12.6. The molecule has 1 aromatic rings. The molecule has 0 bridgehead atoms. The number of alkyl halides is 1. The number of rotatable bonds is 5. The van der Waals surface area contributed by atoms with Gasteiger partial charge in [-0.25, -0.2) is 0 Å². The first-order valence-electron chi connectivity index (χ1n) is 11.7. The van der Waals surface area contributed by atoms with Crippen LogP contribution in [0.5, 0.6) is 5.75 Å². The van der Waals surface area contributed by atoms with Crippen molar-refractivity contribution in [2.24, 2.45) is 17.6 Å². The van der Waals surface area contributed by atoms with Gasteiger partial charge in [-0.15, -0.1) is 17.0 Å². The molecule has 13 heteroatoms. The van der Waals surface area contributed by atoms with Crippen LogP contribution in [0.4, 0.5) is 5.69 Å². The molecular weight excluding hydrogens is 630 g/mol. The Morgan fingerprint density at radius 2 is 1.87 bits per heavy atom. The molecule has 2 amide bonds. The number of aromatic hydroxyl groups is 1. The van der Waals surface area contributed by atoms with Gasteiger partial charge in [0.2, 0.25) is 11.7 Å². The fourth-order valence-electron chi connectivity index (χ4n) is 5.72. The molecule has 4 rings (SSSR count). The molecule has 0 saturated carbocycles. The van der Waals surface area contributed by atoms with E-state index in [2.05, 4.69) is 21.2 Å². The predicted octanol–water partition coefficient (Wildman–Crippen LogP) is 1.81. The van der Waals surface area contributed by atoms with E-state index in [1.165, 1.54) is 11.0 Å². The van der Waals surface area contributed by atoms with Gasteiger partial charge < -0.3 is 31.5 Å². The summed E-state index contributed by atoms with van der Waals surface area (Å²) >= 11 is 3.22. The largest absolute Gasteiger partial charge is 0.510 e. The van der Waals surface area contributed by atoms with Crippen molar-refractivity contribution >= 4 is 62.0 Å². The monoisotopic (exact) mass is 657 g/mol. The van der Waals surface area contributed by atoms with Crippen molar-refractivity contribution in [3.63, 3.8) is 0 Å². The number of Topliss-reactive ketones (excluding diaryl/α,β-unsaturated/α-hetero) is 2. The average Bonchev–Trinajstić information content (AvgIpc) is 2.82. The number of aliphatic hydroxyl groups is 3. The van der Waals surface area contributed by atoms with Crippen molar-refractivity contribution in [2.45, 2.75) is 42.7 Å². The van der Waals surface area contributed by atoms with Crippen LogP contribution in [0.15, 0.2) is 34.8 Å². The summed E-state index contributed by atoms with van der Waals surface area (Å²) in [5.74, 6) is -7.62. The molecule has 0 aromatic heterocycles. The number of halogens is 2. The summed E-state index contributed by atoms with van der Waals surface area (Å²) in [6.07, 6.45) is 0.664. The number of phenols is 1. The Bertz CT molecular complexity index is 1310. The maximum atomic E-state index is 13.6. The number of carbonyl (C=O) groups excluding carboxylic acids is 4. The summed E-state index contributed by atoms with van der Waals surface area (Å²) in [6.45, 7) is 1.79. The Hall–Kier alpha value is -2.74. The van der Waals surface area contributed by atoms with E-state index in [1.807, 2.05) is 0 Å². The lowest BCUT2D eigenvalue weighted by Gasteiger charge is -2.50. The van der Waals surface area contributed by atoms with Gasteiger partial charge in [0.05, 0.1) is 22.1 Å². The minimum atomic E-state index is -2.70. The normalized spacial score (nSPS) is 27.3. The molecule has 0 fully saturated rings. The predicted molar refractivity (Wildman–Crippen MR) is 146 cm³/mol. The number of carbonyl (C=O) groups is 4. The van der Waals surface area contributed by atoms with Gasteiger partial charge in [0, 0.05) is 11.5 Å². The van der Waals surface area contributed by atoms with E-state index >= 15 is 0 Å². The van der Waals surface area contributed by atoms with Crippen LogP contribution in [-0.4, -0.2) is 79.3 Å². The number of nitrogens with one attached hydrogen (secondary N) is 1. The molecular formula is C25H29Br2N3O8. The number of nitrogens with two attached hydrogens (primary N) is 1. The van der Waals surface area contributed by atoms with Crippen molar-refractivity contribution in [3.8, 4) is 5.75 Å². The first-order chi connectivity index (χ1) is 17.3. The molecule has 206 valence electrons. The number of amides is 2. The van der Waals surface area contributed by atoms with Gasteiger partial charge in [-0.1, -0.05) is 28.9 Å². The zero-order valence-corrected chi connectivity index (χ0v) is 24.1. The first kappa shape index (κ1) is 29.8. The van der Waals surface area contributed by atoms with Crippen LogP contribution >= 0.6 is 32.9 Å². The van der Waals surface area contributed by atoms with Gasteiger partial charge in [0.15, 0.2) is 17.1 Å². The Kier molecular flexibility index (Phi) is 8.19. The Morgan fingerprint density at radius 3 is 2.42 bits per heavy atom. The highest BCUT2D eigenvalue weighted by Crippen LogP contribution is 2.52. The Labute approximate surface area is 237 Å². The second-order valence-electron chi connectivity index (χ2n) is 9.82. The molecule has 1 aromatic carbocycles. The number of nitrogens with zero attached hydrogens (tertiary/aromatic N) is 1. The minimum absolute atomic E-state index is 0. The maximum Gasteiger partial charge on any atom is 0.255 e. The number of allylic oxidation sites excluding steroid dienone is 1. The number of hydrogen-bond donors (Lipinski definition) is 6. The van der Waals surface area contributed by atoms with E-state index in [9.17, 15) is 39.6 Å². The molecule has 0 heterocycles. The second-order valence-corrected chi connectivity index (χ2v) is 10.9.